The van der Waals surface area contributed by atoms with Crippen LogP contribution in [0.2, 0.25) is 0 Å². The number of hydrogen-bond donors (Lipinski definition) is 0. The van der Waals surface area contributed by atoms with Gasteiger partial charge in [-0.3, -0.25) is 9.59 Å². The summed E-state index contributed by atoms with van der Waals surface area (Å²) in [4.78, 5) is 27.3. The lowest BCUT2D eigenvalue weighted by molar-refractivity contribution is -0.274. The van der Waals surface area contributed by atoms with E-state index >= 15 is 0 Å². The van der Waals surface area contributed by atoms with Crippen LogP contribution in [-0.2, 0) is 6.54 Å². The zero-order valence-electron chi connectivity index (χ0n) is 16.1. The van der Waals surface area contributed by atoms with Crippen molar-refractivity contribution < 1.29 is 31.9 Å². The van der Waals surface area contributed by atoms with Crippen molar-refractivity contribution in [2.45, 2.75) is 31.5 Å². The van der Waals surface area contributed by atoms with Gasteiger partial charge in [0.25, 0.3) is 11.8 Å². The molecular formula is C18H19F4N5O3. The fourth-order valence-electron chi connectivity index (χ4n) is 3.18. The summed E-state index contributed by atoms with van der Waals surface area (Å²) in [5.74, 6) is -1.32. The molecule has 1 aromatic carbocycles. The summed E-state index contributed by atoms with van der Waals surface area (Å²) in [6.45, 7) is -0.0301. The van der Waals surface area contributed by atoms with Gasteiger partial charge in [-0.25, -0.2) is 9.07 Å². The molecule has 2 aromatic rings. The summed E-state index contributed by atoms with van der Waals surface area (Å²) in [5.41, 5.74) is 0.221. The third kappa shape index (κ3) is 5.05. The molecule has 0 radical (unpaired) electrons. The molecule has 1 aromatic heterocycles. The monoisotopic (exact) mass is 429 g/mol. The van der Waals surface area contributed by atoms with Gasteiger partial charge >= 0.3 is 6.36 Å². The molecule has 162 valence electrons. The molecule has 8 nitrogen and oxygen atoms in total. The minimum atomic E-state index is -4.84. The predicted molar refractivity (Wildman–Crippen MR) is 95.5 cm³/mol. The Bertz CT molecular complexity index is 913. The van der Waals surface area contributed by atoms with E-state index in [-0.39, 0.29) is 36.7 Å². The normalized spacial score (nSPS) is 19.1. The Hall–Kier alpha value is -3.18. The first-order valence-corrected chi connectivity index (χ1v) is 8.96. The number of amides is 2. The van der Waals surface area contributed by atoms with Gasteiger partial charge in [0, 0.05) is 26.1 Å². The van der Waals surface area contributed by atoms with Gasteiger partial charge in [-0.2, -0.15) is 0 Å². The van der Waals surface area contributed by atoms with Gasteiger partial charge in [-0.1, -0.05) is 5.21 Å². The minimum absolute atomic E-state index is 0.0673. The molecule has 0 N–H and O–H groups in total. The van der Waals surface area contributed by atoms with E-state index in [0.29, 0.717) is 0 Å². The lowest BCUT2D eigenvalue weighted by atomic mass is 10.1. The van der Waals surface area contributed by atoms with Gasteiger partial charge in [0.2, 0.25) is 0 Å². The number of ether oxygens (including phenoxy) is 1. The zero-order valence-corrected chi connectivity index (χ0v) is 16.1. The van der Waals surface area contributed by atoms with E-state index in [1.165, 1.54) is 32.8 Å². The highest BCUT2D eigenvalue weighted by molar-refractivity contribution is 5.94. The molecule has 0 bridgehead atoms. The molecule has 0 saturated carbocycles. The molecule has 1 aliphatic rings. The van der Waals surface area contributed by atoms with Crippen molar-refractivity contribution >= 4 is 11.8 Å². The number of benzene rings is 1. The van der Waals surface area contributed by atoms with Crippen molar-refractivity contribution in [3.63, 3.8) is 0 Å². The molecular weight excluding hydrogens is 410 g/mol. The maximum Gasteiger partial charge on any atom is 0.573 e. The van der Waals surface area contributed by atoms with Gasteiger partial charge in [0.15, 0.2) is 5.69 Å². The van der Waals surface area contributed by atoms with Crippen LogP contribution < -0.4 is 4.74 Å². The molecule has 30 heavy (non-hydrogen) atoms. The van der Waals surface area contributed by atoms with Crippen molar-refractivity contribution in [1.82, 2.24) is 24.8 Å². The molecule has 0 spiro atoms. The zero-order chi connectivity index (χ0) is 22.1. The standard InChI is InChI=1S/C18H19F4N5O3/c1-25(2)17(29)15-10-26(24-23-15)9-13-7-12(19)8-27(13)16(28)11-3-5-14(6-4-11)30-18(20,21)22/h3-6,10,12-13H,7-9H2,1-2H3. The Morgan fingerprint density at radius 1 is 1.23 bits per heavy atom. The summed E-state index contributed by atoms with van der Waals surface area (Å²) < 4.78 is 56.0. The third-order valence-corrected chi connectivity index (χ3v) is 4.52. The quantitative estimate of drug-likeness (QED) is 0.681. The van der Waals surface area contributed by atoms with Gasteiger partial charge in [0.05, 0.1) is 25.3 Å². The second-order valence-electron chi connectivity index (χ2n) is 7.04. The summed E-state index contributed by atoms with van der Waals surface area (Å²) >= 11 is 0. The van der Waals surface area contributed by atoms with E-state index in [2.05, 4.69) is 15.0 Å². The summed E-state index contributed by atoms with van der Waals surface area (Å²) in [6.07, 6.45) is -4.60. The second kappa shape index (κ2) is 8.28. The lowest BCUT2D eigenvalue weighted by Crippen LogP contribution is -2.38. The summed E-state index contributed by atoms with van der Waals surface area (Å²) in [6, 6.07) is 3.87. The highest BCUT2D eigenvalue weighted by Crippen LogP contribution is 2.26. The number of halogens is 4. The van der Waals surface area contributed by atoms with Crippen LogP contribution in [0.1, 0.15) is 27.3 Å². The van der Waals surface area contributed by atoms with Crippen molar-refractivity contribution in [1.29, 1.82) is 0 Å². The van der Waals surface area contributed by atoms with Crippen LogP contribution in [0.15, 0.2) is 30.5 Å². The largest absolute Gasteiger partial charge is 0.573 e. The first-order valence-electron chi connectivity index (χ1n) is 8.96. The van der Waals surface area contributed by atoms with Crippen LogP contribution in [0.4, 0.5) is 17.6 Å². The first kappa shape index (κ1) is 21.5. The SMILES string of the molecule is CN(C)C(=O)c1cn(CC2CC(F)CN2C(=O)c2ccc(OC(F)(F)F)cc2)nn1. The molecule has 1 fully saturated rings. The number of carbonyl (C=O) groups is 2. The van der Waals surface area contributed by atoms with Crippen LogP contribution in [0.25, 0.3) is 0 Å². The number of likely N-dealkylation sites (tertiary alicyclic amines) is 1. The van der Waals surface area contributed by atoms with Crippen molar-refractivity contribution in [3.05, 3.63) is 41.7 Å². The van der Waals surface area contributed by atoms with Crippen molar-refractivity contribution in [3.8, 4) is 5.75 Å². The minimum Gasteiger partial charge on any atom is -0.406 e. The molecule has 2 unspecified atom stereocenters. The number of rotatable bonds is 5. The average Bonchev–Trinajstić information content (AvgIpc) is 3.26. The van der Waals surface area contributed by atoms with Crippen LogP contribution in [0, 0.1) is 0 Å². The van der Waals surface area contributed by atoms with Crippen molar-refractivity contribution in [2.75, 3.05) is 20.6 Å². The van der Waals surface area contributed by atoms with Crippen LogP contribution in [-0.4, -0.2) is 75.8 Å². The van der Waals surface area contributed by atoms with Crippen LogP contribution in [0.5, 0.6) is 5.75 Å². The molecule has 3 rings (SSSR count). The van der Waals surface area contributed by atoms with Crippen LogP contribution >= 0.6 is 0 Å². The predicted octanol–water partition coefficient (Wildman–Crippen LogP) is 2.13. The molecule has 1 saturated heterocycles. The Morgan fingerprint density at radius 2 is 1.90 bits per heavy atom. The average molecular weight is 429 g/mol. The highest BCUT2D eigenvalue weighted by atomic mass is 19.4. The molecule has 2 amide bonds. The van der Waals surface area contributed by atoms with E-state index in [9.17, 15) is 27.2 Å². The molecule has 2 atom stereocenters. The lowest BCUT2D eigenvalue weighted by Gasteiger charge is -2.24. The Balaban J connectivity index is 1.71. The third-order valence-electron chi connectivity index (χ3n) is 4.52. The molecule has 0 aliphatic carbocycles. The fraction of sp³-hybridized carbons (Fsp3) is 0.444. The van der Waals surface area contributed by atoms with E-state index < -0.39 is 30.2 Å². The second-order valence-corrected chi connectivity index (χ2v) is 7.04. The smallest absolute Gasteiger partial charge is 0.406 e. The number of aromatic nitrogens is 3. The topological polar surface area (TPSA) is 80.6 Å². The number of nitrogens with zero attached hydrogens (tertiary/aromatic N) is 5. The van der Waals surface area contributed by atoms with E-state index in [1.54, 1.807) is 14.1 Å². The number of alkyl halides is 4. The Labute approximate surface area is 169 Å². The number of carbonyl (C=O) groups excluding carboxylic acids is 2. The van der Waals surface area contributed by atoms with Gasteiger partial charge in [-0.05, 0) is 24.3 Å². The van der Waals surface area contributed by atoms with Gasteiger partial charge in [-0.15, -0.1) is 18.3 Å². The highest BCUT2D eigenvalue weighted by Gasteiger charge is 2.36. The number of hydrogen-bond acceptors (Lipinski definition) is 5. The fourth-order valence-corrected chi connectivity index (χ4v) is 3.18. The van der Waals surface area contributed by atoms with Crippen molar-refractivity contribution in [2.24, 2.45) is 0 Å². The Morgan fingerprint density at radius 3 is 2.50 bits per heavy atom. The molecule has 1 aliphatic heterocycles. The Kier molecular flexibility index (Phi) is 5.94. The van der Waals surface area contributed by atoms with Gasteiger partial charge < -0.3 is 14.5 Å². The maximum absolute atomic E-state index is 14.0. The maximum atomic E-state index is 14.0. The molecule has 2 heterocycles. The summed E-state index contributed by atoms with van der Waals surface area (Å²) in [5, 5.41) is 7.64. The van der Waals surface area contributed by atoms with Crippen LogP contribution in [0.3, 0.4) is 0 Å². The van der Waals surface area contributed by atoms with E-state index in [1.807, 2.05) is 0 Å². The van der Waals surface area contributed by atoms with E-state index in [4.69, 9.17) is 0 Å². The van der Waals surface area contributed by atoms with Gasteiger partial charge in [0.1, 0.15) is 11.9 Å². The first-order chi connectivity index (χ1) is 14.0. The molecule has 12 heteroatoms. The van der Waals surface area contributed by atoms with E-state index in [0.717, 1.165) is 12.1 Å². The summed E-state index contributed by atoms with van der Waals surface area (Å²) in [7, 11) is 3.13.